The molecule has 2 aromatic rings. The SMILES string of the molecule is CCOC(=O)/C=C/[C@H](CCC(N)=O)NC(=O)[C@H](Cc1ccc(COC)cc1)NC(=O)[C@H](CC(C)C)NC(=O)OCc1ccccc1. The third-order valence-corrected chi connectivity index (χ3v) is 6.72. The van der Waals surface area contributed by atoms with Crippen molar-refractivity contribution in [3.63, 3.8) is 0 Å². The number of benzene rings is 2. The zero-order chi connectivity index (χ0) is 33.9. The monoisotopic (exact) mass is 638 g/mol. The fraction of sp³-hybridized carbons (Fsp3) is 0.441. The first-order chi connectivity index (χ1) is 22.0. The number of nitrogens with two attached hydrogens (primary N) is 1. The lowest BCUT2D eigenvalue weighted by molar-refractivity contribution is -0.137. The van der Waals surface area contributed by atoms with Crippen molar-refractivity contribution in [3.05, 3.63) is 83.4 Å². The van der Waals surface area contributed by atoms with E-state index in [1.165, 1.54) is 12.2 Å². The van der Waals surface area contributed by atoms with Crippen LogP contribution in [0.5, 0.6) is 0 Å². The number of rotatable bonds is 19. The number of carbonyl (C=O) groups excluding carboxylic acids is 5. The summed E-state index contributed by atoms with van der Waals surface area (Å²) in [6.07, 6.45) is 2.28. The third kappa shape index (κ3) is 14.8. The molecule has 0 spiro atoms. The Morgan fingerprint density at radius 3 is 2.04 bits per heavy atom. The number of nitrogens with one attached hydrogen (secondary N) is 3. The molecular formula is C34H46N4O8. The van der Waals surface area contributed by atoms with E-state index in [0.717, 1.165) is 16.7 Å². The molecule has 0 unspecified atom stereocenters. The van der Waals surface area contributed by atoms with Crippen molar-refractivity contribution in [3.8, 4) is 0 Å². The molecule has 250 valence electrons. The number of esters is 1. The van der Waals surface area contributed by atoms with Gasteiger partial charge in [0.1, 0.15) is 18.7 Å². The van der Waals surface area contributed by atoms with Crippen molar-refractivity contribution in [1.29, 1.82) is 0 Å². The average molecular weight is 639 g/mol. The van der Waals surface area contributed by atoms with Crippen molar-refractivity contribution >= 4 is 29.8 Å². The highest BCUT2D eigenvalue weighted by atomic mass is 16.5. The van der Waals surface area contributed by atoms with Crippen LogP contribution < -0.4 is 21.7 Å². The summed E-state index contributed by atoms with van der Waals surface area (Å²) in [6, 6.07) is 13.7. The average Bonchev–Trinajstić information content (AvgIpc) is 3.02. The van der Waals surface area contributed by atoms with Crippen molar-refractivity contribution in [2.45, 2.75) is 77.8 Å². The van der Waals surface area contributed by atoms with Gasteiger partial charge in [-0.15, -0.1) is 0 Å². The van der Waals surface area contributed by atoms with E-state index in [-0.39, 0.29) is 44.8 Å². The Kier molecular flexibility index (Phi) is 16.6. The minimum atomic E-state index is -1.08. The van der Waals surface area contributed by atoms with Crippen molar-refractivity contribution in [1.82, 2.24) is 16.0 Å². The van der Waals surface area contributed by atoms with E-state index >= 15 is 0 Å². The first-order valence-electron chi connectivity index (χ1n) is 15.3. The Hall–Kier alpha value is -4.71. The molecule has 0 aliphatic heterocycles. The fourth-order valence-corrected chi connectivity index (χ4v) is 4.45. The normalized spacial score (nSPS) is 13.0. The van der Waals surface area contributed by atoms with E-state index in [0.29, 0.717) is 6.61 Å². The molecule has 0 aliphatic carbocycles. The lowest BCUT2D eigenvalue weighted by Crippen LogP contribution is -2.55. The van der Waals surface area contributed by atoms with Gasteiger partial charge in [-0.25, -0.2) is 9.59 Å². The Morgan fingerprint density at radius 1 is 0.804 bits per heavy atom. The number of methoxy groups -OCH3 is 1. The second kappa shape index (κ2) is 20.3. The topological polar surface area (TPSA) is 175 Å². The van der Waals surface area contributed by atoms with Gasteiger partial charge in [-0.3, -0.25) is 14.4 Å². The van der Waals surface area contributed by atoms with Gasteiger partial charge in [0, 0.05) is 32.1 Å². The maximum atomic E-state index is 13.7. The second-order valence-corrected chi connectivity index (χ2v) is 11.1. The van der Waals surface area contributed by atoms with Crippen molar-refractivity contribution in [2.24, 2.45) is 11.7 Å². The highest BCUT2D eigenvalue weighted by Crippen LogP contribution is 2.12. The van der Waals surface area contributed by atoms with Crippen LogP contribution in [0.1, 0.15) is 56.7 Å². The molecule has 0 saturated heterocycles. The zero-order valence-electron chi connectivity index (χ0n) is 27.0. The lowest BCUT2D eigenvalue weighted by atomic mass is 10.00. The molecule has 3 atom stereocenters. The highest BCUT2D eigenvalue weighted by molar-refractivity contribution is 5.92. The fourth-order valence-electron chi connectivity index (χ4n) is 4.45. The van der Waals surface area contributed by atoms with Crippen molar-refractivity contribution in [2.75, 3.05) is 13.7 Å². The number of carbonyl (C=O) groups is 5. The van der Waals surface area contributed by atoms with Gasteiger partial charge in [0.2, 0.25) is 17.7 Å². The molecule has 46 heavy (non-hydrogen) atoms. The van der Waals surface area contributed by atoms with Gasteiger partial charge in [-0.2, -0.15) is 0 Å². The number of hydrogen-bond donors (Lipinski definition) is 4. The minimum absolute atomic E-state index is 0.0250. The van der Waals surface area contributed by atoms with E-state index in [9.17, 15) is 24.0 Å². The Labute approximate surface area is 270 Å². The van der Waals surface area contributed by atoms with Gasteiger partial charge in [0.05, 0.1) is 13.2 Å². The van der Waals surface area contributed by atoms with Crippen LogP contribution in [0.4, 0.5) is 4.79 Å². The van der Waals surface area contributed by atoms with Crippen LogP contribution in [-0.2, 0) is 53.0 Å². The van der Waals surface area contributed by atoms with Gasteiger partial charge in [0.25, 0.3) is 0 Å². The number of ether oxygens (including phenoxy) is 3. The Bertz CT molecular complexity index is 1300. The summed E-state index contributed by atoms with van der Waals surface area (Å²) in [6.45, 7) is 6.09. The second-order valence-electron chi connectivity index (χ2n) is 11.1. The predicted octanol–water partition coefficient (Wildman–Crippen LogP) is 3.07. The van der Waals surface area contributed by atoms with E-state index in [1.807, 2.05) is 68.4 Å². The summed E-state index contributed by atoms with van der Waals surface area (Å²) < 4.78 is 15.4. The smallest absolute Gasteiger partial charge is 0.408 e. The van der Waals surface area contributed by atoms with E-state index < -0.39 is 47.9 Å². The molecule has 2 aromatic carbocycles. The Balaban J connectivity index is 2.27. The molecule has 12 heteroatoms. The molecule has 0 heterocycles. The lowest BCUT2D eigenvalue weighted by Gasteiger charge is -2.25. The summed E-state index contributed by atoms with van der Waals surface area (Å²) in [7, 11) is 1.59. The number of primary amides is 1. The molecule has 0 aliphatic rings. The maximum absolute atomic E-state index is 13.7. The van der Waals surface area contributed by atoms with Crippen LogP contribution in [0.25, 0.3) is 0 Å². The summed E-state index contributed by atoms with van der Waals surface area (Å²) >= 11 is 0. The molecule has 12 nitrogen and oxygen atoms in total. The van der Waals surface area contributed by atoms with Gasteiger partial charge < -0.3 is 35.9 Å². The molecule has 0 saturated carbocycles. The van der Waals surface area contributed by atoms with Gasteiger partial charge in [0.15, 0.2) is 0 Å². The van der Waals surface area contributed by atoms with Gasteiger partial charge in [-0.05, 0) is 42.4 Å². The third-order valence-electron chi connectivity index (χ3n) is 6.72. The largest absolute Gasteiger partial charge is 0.463 e. The number of hydrogen-bond acceptors (Lipinski definition) is 8. The summed E-state index contributed by atoms with van der Waals surface area (Å²) in [4.78, 5) is 63.4. The van der Waals surface area contributed by atoms with E-state index in [2.05, 4.69) is 16.0 Å². The summed E-state index contributed by atoms with van der Waals surface area (Å²) in [5, 5.41) is 8.22. The van der Waals surface area contributed by atoms with Crippen LogP contribution in [0, 0.1) is 5.92 Å². The van der Waals surface area contributed by atoms with Gasteiger partial charge >= 0.3 is 12.1 Å². The van der Waals surface area contributed by atoms with E-state index in [4.69, 9.17) is 19.9 Å². The van der Waals surface area contributed by atoms with Crippen LogP contribution in [0.15, 0.2) is 66.7 Å². The molecule has 4 amide bonds. The van der Waals surface area contributed by atoms with Gasteiger partial charge in [-0.1, -0.05) is 74.5 Å². The van der Waals surface area contributed by atoms with E-state index in [1.54, 1.807) is 14.0 Å². The van der Waals surface area contributed by atoms with Crippen LogP contribution in [0.3, 0.4) is 0 Å². The first kappa shape index (κ1) is 37.5. The molecule has 2 rings (SSSR count). The molecule has 0 aromatic heterocycles. The molecule has 0 bridgehead atoms. The molecular weight excluding hydrogens is 592 g/mol. The number of amides is 4. The molecule has 5 N–H and O–H groups in total. The standard InChI is InChI=1S/C34H46N4O8/c1-5-45-31(40)18-16-27(15-17-30(35)39)36-32(41)29(20-24-11-13-26(14-12-24)21-44-4)37-33(42)28(19-23(2)3)38-34(43)46-22-25-9-7-6-8-10-25/h6-14,16,18,23,27-29H,5,15,17,19-22H2,1-4H3,(H2,35,39)(H,36,41)(H,37,42)(H,38,43)/b18-16+/t27-,28-,29-/m0/s1. The van der Waals surface area contributed by atoms with Crippen LogP contribution in [0.2, 0.25) is 0 Å². The molecule has 0 radical (unpaired) electrons. The zero-order valence-corrected chi connectivity index (χ0v) is 27.0. The maximum Gasteiger partial charge on any atom is 0.408 e. The molecule has 0 fully saturated rings. The first-order valence-corrected chi connectivity index (χ1v) is 15.3. The highest BCUT2D eigenvalue weighted by Gasteiger charge is 2.29. The Morgan fingerprint density at radius 2 is 1.43 bits per heavy atom. The summed E-state index contributed by atoms with van der Waals surface area (Å²) in [5.41, 5.74) is 7.81. The predicted molar refractivity (Wildman–Crippen MR) is 172 cm³/mol. The van der Waals surface area contributed by atoms with Crippen LogP contribution >= 0.6 is 0 Å². The quantitative estimate of drug-likeness (QED) is 0.134. The van der Waals surface area contributed by atoms with Crippen LogP contribution in [-0.4, -0.2) is 61.6 Å². The summed E-state index contributed by atoms with van der Waals surface area (Å²) in [5.74, 6) is -2.29. The number of alkyl carbamates (subject to hydrolysis) is 1. The minimum Gasteiger partial charge on any atom is -0.463 e. The van der Waals surface area contributed by atoms with Crippen molar-refractivity contribution < 1.29 is 38.2 Å².